The summed E-state index contributed by atoms with van der Waals surface area (Å²) in [5, 5.41) is 0.632. The Hall–Kier alpha value is -1.76. The van der Waals surface area contributed by atoms with E-state index in [9.17, 15) is 8.42 Å². The second-order valence-corrected chi connectivity index (χ2v) is 8.47. The van der Waals surface area contributed by atoms with Crippen LogP contribution in [0.1, 0.15) is 24.8 Å². The SMILES string of the molecule is O=S(=O)(NC1(c2ccc(Cl)cc2)CCC1)c1ccc2c(c1)OCCO2. The molecule has 7 heteroatoms. The van der Waals surface area contributed by atoms with Crippen molar-refractivity contribution in [3.8, 4) is 11.5 Å². The molecule has 5 nitrogen and oxygen atoms in total. The van der Waals surface area contributed by atoms with Crippen molar-refractivity contribution in [2.75, 3.05) is 13.2 Å². The fourth-order valence-electron chi connectivity index (χ4n) is 3.26. The van der Waals surface area contributed by atoms with Gasteiger partial charge >= 0.3 is 0 Å². The zero-order valence-electron chi connectivity index (χ0n) is 13.5. The summed E-state index contributed by atoms with van der Waals surface area (Å²) < 4.78 is 39.7. The second kappa shape index (κ2) is 6.20. The maximum absolute atomic E-state index is 12.9. The van der Waals surface area contributed by atoms with Gasteiger partial charge in [-0.3, -0.25) is 0 Å². The molecular formula is C18H18ClNO4S. The highest BCUT2D eigenvalue weighted by Gasteiger charge is 2.42. The lowest BCUT2D eigenvalue weighted by Crippen LogP contribution is -2.50. The summed E-state index contributed by atoms with van der Waals surface area (Å²) in [5.74, 6) is 1.03. The molecule has 0 radical (unpaired) electrons. The van der Waals surface area contributed by atoms with Crippen molar-refractivity contribution in [1.82, 2.24) is 4.72 Å². The Kier molecular flexibility index (Phi) is 4.14. The Bertz CT molecular complexity index is 892. The molecule has 0 aromatic heterocycles. The number of benzene rings is 2. The van der Waals surface area contributed by atoms with Crippen LogP contribution in [0.2, 0.25) is 5.02 Å². The highest BCUT2D eigenvalue weighted by molar-refractivity contribution is 7.89. The minimum absolute atomic E-state index is 0.178. The average Bonchev–Trinajstić information content (AvgIpc) is 2.58. The fraction of sp³-hybridized carbons (Fsp3) is 0.333. The standard InChI is InChI=1S/C18H18ClNO4S/c19-14-4-2-13(3-5-14)18(8-1-9-18)20-25(21,22)15-6-7-16-17(12-15)24-11-10-23-16/h2-7,12,20H,1,8-11H2. The topological polar surface area (TPSA) is 64.6 Å². The zero-order chi connectivity index (χ0) is 17.5. The first-order valence-electron chi connectivity index (χ1n) is 8.18. The highest BCUT2D eigenvalue weighted by Crippen LogP contribution is 2.43. The Morgan fingerprint density at radius 3 is 2.28 bits per heavy atom. The number of nitrogens with one attached hydrogen (secondary N) is 1. The molecule has 2 aromatic carbocycles. The summed E-state index contributed by atoms with van der Waals surface area (Å²) in [4.78, 5) is 0.178. The zero-order valence-corrected chi connectivity index (χ0v) is 15.1. The normalized spacial score (nSPS) is 18.4. The van der Waals surface area contributed by atoms with Crippen molar-refractivity contribution in [2.24, 2.45) is 0 Å². The molecule has 1 heterocycles. The van der Waals surface area contributed by atoms with Gasteiger partial charge in [-0.25, -0.2) is 13.1 Å². The van der Waals surface area contributed by atoms with Crippen molar-refractivity contribution in [3.05, 3.63) is 53.1 Å². The van der Waals surface area contributed by atoms with Gasteiger partial charge in [-0.05, 0) is 49.1 Å². The number of rotatable bonds is 4. The molecule has 1 aliphatic carbocycles. The van der Waals surface area contributed by atoms with E-state index >= 15 is 0 Å². The molecule has 1 fully saturated rings. The van der Waals surface area contributed by atoms with Gasteiger partial charge in [-0.15, -0.1) is 0 Å². The Balaban J connectivity index is 1.65. The van der Waals surface area contributed by atoms with Crippen LogP contribution in [0.3, 0.4) is 0 Å². The molecule has 1 aliphatic heterocycles. The van der Waals surface area contributed by atoms with Gasteiger partial charge in [0.1, 0.15) is 13.2 Å². The summed E-state index contributed by atoms with van der Waals surface area (Å²) in [6.45, 7) is 0.885. The van der Waals surface area contributed by atoms with Crippen molar-refractivity contribution >= 4 is 21.6 Å². The third kappa shape index (κ3) is 3.10. The largest absolute Gasteiger partial charge is 0.486 e. The molecule has 1 N–H and O–H groups in total. The molecule has 2 aromatic rings. The van der Waals surface area contributed by atoms with Gasteiger partial charge in [0.25, 0.3) is 0 Å². The van der Waals surface area contributed by atoms with E-state index in [2.05, 4.69) is 4.72 Å². The number of halogens is 1. The third-order valence-electron chi connectivity index (χ3n) is 4.76. The fourth-order valence-corrected chi connectivity index (χ4v) is 4.85. The number of ether oxygens (including phenoxy) is 2. The van der Waals surface area contributed by atoms with Crippen molar-refractivity contribution < 1.29 is 17.9 Å². The van der Waals surface area contributed by atoms with E-state index in [1.165, 1.54) is 6.07 Å². The van der Waals surface area contributed by atoms with Gasteiger partial charge in [-0.1, -0.05) is 23.7 Å². The Morgan fingerprint density at radius 1 is 0.960 bits per heavy atom. The maximum atomic E-state index is 12.9. The molecule has 0 bridgehead atoms. The molecule has 0 atom stereocenters. The average molecular weight is 380 g/mol. The van der Waals surface area contributed by atoms with Gasteiger partial charge in [-0.2, -0.15) is 0 Å². The first kappa shape index (κ1) is 16.7. The van der Waals surface area contributed by atoms with Gasteiger partial charge in [0.2, 0.25) is 10.0 Å². The number of hydrogen-bond donors (Lipinski definition) is 1. The van der Waals surface area contributed by atoms with Crippen LogP contribution in [-0.4, -0.2) is 21.6 Å². The van der Waals surface area contributed by atoms with Crippen LogP contribution in [0.25, 0.3) is 0 Å². The molecule has 0 spiro atoms. The monoisotopic (exact) mass is 379 g/mol. The van der Waals surface area contributed by atoms with E-state index in [1.54, 1.807) is 24.3 Å². The van der Waals surface area contributed by atoms with Crippen LogP contribution in [0.15, 0.2) is 47.4 Å². The van der Waals surface area contributed by atoms with Gasteiger partial charge < -0.3 is 9.47 Å². The van der Waals surface area contributed by atoms with Crippen LogP contribution >= 0.6 is 11.6 Å². The molecule has 0 saturated heterocycles. The lowest BCUT2D eigenvalue weighted by molar-refractivity contribution is 0.171. The smallest absolute Gasteiger partial charge is 0.241 e. The Morgan fingerprint density at radius 2 is 1.64 bits per heavy atom. The summed E-state index contributed by atoms with van der Waals surface area (Å²) in [7, 11) is -3.69. The van der Waals surface area contributed by atoms with E-state index < -0.39 is 15.6 Å². The molecule has 0 amide bonds. The number of sulfonamides is 1. The predicted octanol–water partition coefficient (Wildman–Crippen LogP) is 3.47. The van der Waals surface area contributed by atoms with Gasteiger partial charge in [0, 0.05) is 11.1 Å². The van der Waals surface area contributed by atoms with E-state index in [0.29, 0.717) is 29.7 Å². The van der Waals surface area contributed by atoms with Crippen molar-refractivity contribution in [1.29, 1.82) is 0 Å². The molecule has 4 rings (SSSR count). The van der Waals surface area contributed by atoms with Gasteiger partial charge in [0.05, 0.1) is 10.4 Å². The van der Waals surface area contributed by atoms with E-state index in [0.717, 1.165) is 24.8 Å². The van der Waals surface area contributed by atoms with E-state index in [4.69, 9.17) is 21.1 Å². The first-order chi connectivity index (χ1) is 12.0. The molecule has 0 unspecified atom stereocenters. The lowest BCUT2D eigenvalue weighted by atomic mass is 9.73. The summed E-state index contributed by atoms with van der Waals surface area (Å²) in [6.07, 6.45) is 2.50. The van der Waals surface area contributed by atoms with Gasteiger partial charge in [0.15, 0.2) is 11.5 Å². The minimum Gasteiger partial charge on any atom is -0.486 e. The molecule has 132 valence electrons. The van der Waals surface area contributed by atoms with Crippen LogP contribution in [0.4, 0.5) is 0 Å². The van der Waals surface area contributed by atoms with Crippen LogP contribution in [-0.2, 0) is 15.6 Å². The quantitative estimate of drug-likeness (QED) is 0.883. The molecule has 1 saturated carbocycles. The molecule has 25 heavy (non-hydrogen) atoms. The van der Waals surface area contributed by atoms with Crippen molar-refractivity contribution in [2.45, 2.75) is 29.7 Å². The van der Waals surface area contributed by atoms with Crippen molar-refractivity contribution in [3.63, 3.8) is 0 Å². The maximum Gasteiger partial charge on any atom is 0.241 e. The Labute approximate surface area is 152 Å². The van der Waals surface area contributed by atoms with E-state index in [1.807, 2.05) is 12.1 Å². The van der Waals surface area contributed by atoms with Crippen LogP contribution < -0.4 is 14.2 Å². The third-order valence-corrected chi connectivity index (χ3v) is 6.54. The first-order valence-corrected chi connectivity index (χ1v) is 10.0. The molecular weight excluding hydrogens is 362 g/mol. The molecule has 2 aliphatic rings. The van der Waals surface area contributed by atoms with E-state index in [-0.39, 0.29) is 4.90 Å². The highest BCUT2D eigenvalue weighted by atomic mass is 35.5. The minimum atomic E-state index is -3.69. The summed E-state index contributed by atoms with van der Waals surface area (Å²) in [6, 6.07) is 12.0. The summed E-state index contributed by atoms with van der Waals surface area (Å²) in [5.41, 5.74) is 0.362. The summed E-state index contributed by atoms with van der Waals surface area (Å²) >= 11 is 5.95. The number of hydrogen-bond acceptors (Lipinski definition) is 4. The predicted molar refractivity (Wildman–Crippen MR) is 94.7 cm³/mol. The van der Waals surface area contributed by atoms with Crippen LogP contribution in [0, 0.1) is 0 Å². The van der Waals surface area contributed by atoms with Crippen LogP contribution in [0.5, 0.6) is 11.5 Å². The second-order valence-electron chi connectivity index (χ2n) is 6.35. The lowest BCUT2D eigenvalue weighted by Gasteiger charge is -2.42. The number of fused-ring (bicyclic) bond motifs is 1.